The van der Waals surface area contributed by atoms with Gasteiger partial charge in [-0.25, -0.2) is 0 Å². The predicted molar refractivity (Wildman–Crippen MR) is 94.0 cm³/mol. The quantitative estimate of drug-likeness (QED) is 0.822. The third kappa shape index (κ3) is 4.34. The third-order valence-electron chi connectivity index (χ3n) is 5.72. The molecule has 3 aliphatic rings. The average Bonchev–Trinajstić information content (AvgIpc) is 3.01. The SMILES string of the molecule is CC(C)(C)C(=O)NC1CCC(C(=O)N2CCOC3(CCOC3)C2)CC1. The fourth-order valence-electron chi connectivity index (χ4n) is 4.00. The van der Waals surface area contributed by atoms with Crippen LogP contribution in [0, 0.1) is 11.3 Å². The van der Waals surface area contributed by atoms with Crippen LogP contribution in [0.4, 0.5) is 0 Å². The summed E-state index contributed by atoms with van der Waals surface area (Å²) in [6, 6.07) is 0.204. The van der Waals surface area contributed by atoms with E-state index >= 15 is 0 Å². The Kier molecular flexibility index (Phi) is 5.40. The second kappa shape index (κ2) is 7.23. The van der Waals surface area contributed by atoms with Crippen LogP contribution in [0.1, 0.15) is 52.9 Å². The second-order valence-electron chi connectivity index (χ2n) is 8.87. The van der Waals surface area contributed by atoms with Crippen LogP contribution in [0.3, 0.4) is 0 Å². The lowest BCUT2D eigenvalue weighted by Gasteiger charge is -2.41. The summed E-state index contributed by atoms with van der Waals surface area (Å²) in [5.74, 6) is 0.439. The molecule has 0 aromatic carbocycles. The number of carbonyl (C=O) groups excluding carboxylic acids is 2. The summed E-state index contributed by atoms with van der Waals surface area (Å²) < 4.78 is 11.4. The zero-order chi connectivity index (χ0) is 18.1. The number of nitrogens with zero attached hydrogens (tertiary/aromatic N) is 1. The Labute approximate surface area is 150 Å². The first-order valence-corrected chi connectivity index (χ1v) is 9.61. The van der Waals surface area contributed by atoms with Crippen LogP contribution in [0.2, 0.25) is 0 Å². The first-order valence-electron chi connectivity index (χ1n) is 9.61. The molecule has 1 N–H and O–H groups in total. The molecule has 0 bridgehead atoms. The molecule has 0 aromatic heterocycles. The van der Waals surface area contributed by atoms with Gasteiger partial charge in [0, 0.05) is 36.9 Å². The van der Waals surface area contributed by atoms with E-state index < -0.39 is 0 Å². The van der Waals surface area contributed by atoms with Gasteiger partial charge in [0.1, 0.15) is 5.60 Å². The van der Waals surface area contributed by atoms with Crippen LogP contribution in [-0.2, 0) is 19.1 Å². The molecule has 0 radical (unpaired) electrons. The Morgan fingerprint density at radius 1 is 1.12 bits per heavy atom. The van der Waals surface area contributed by atoms with E-state index in [9.17, 15) is 9.59 Å². The van der Waals surface area contributed by atoms with Crippen LogP contribution >= 0.6 is 0 Å². The van der Waals surface area contributed by atoms with Crippen molar-refractivity contribution in [3.05, 3.63) is 0 Å². The van der Waals surface area contributed by atoms with E-state index in [4.69, 9.17) is 9.47 Å². The molecular weight excluding hydrogens is 320 g/mol. The van der Waals surface area contributed by atoms with Crippen molar-refractivity contribution in [2.24, 2.45) is 11.3 Å². The molecule has 2 amide bonds. The lowest BCUT2D eigenvalue weighted by atomic mass is 9.84. The number of hydrogen-bond acceptors (Lipinski definition) is 4. The van der Waals surface area contributed by atoms with Gasteiger partial charge >= 0.3 is 0 Å². The first kappa shape index (κ1) is 18.6. The summed E-state index contributed by atoms with van der Waals surface area (Å²) in [5, 5.41) is 3.14. The molecule has 3 fully saturated rings. The summed E-state index contributed by atoms with van der Waals surface area (Å²) in [6.07, 6.45) is 4.36. The highest BCUT2D eigenvalue weighted by Crippen LogP contribution is 2.31. The largest absolute Gasteiger partial charge is 0.378 e. The minimum Gasteiger partial charge on any atom is -0.378 e. The summed E-state index contributed by atoms with van der Waals surface area (Å²) in [7, 11) is 0. The topological polar surface area (TPSA) is 67.9 Å². The van der Waals surface area contributed by atoms with Crippen LogP contribution in [0.15, 0.2) is 0 Å². The Bertz CT molecular complexity index is 500. The smallest absolute Gasteiger partial charge is 0.225 e. The van der Waals surface area contributed by atoms with Crippen molar-refractivity contribution in [3.8, 4) is 0 Å². The number of nitrogens with one attached hydrogen (secondary N) is 1. The van der Waals surface area contributed by atoms with Gasteiger partial charge in [-0.1, -0.05) is 20.8 Å². The minimum atomic E-state index is -0.363. The van der Waals surface area contributed by atoms with E-state index in [2.05, 4.69) is 5.32 Å². The van der Waals surface area contributed by atoms with Crippen molar-refractivity contribution in [1.82, 2.24) is 10.2 Å². The molecule has 2 saturated heterocycles. The maximum absolute atomic E-state index is 12.9. The highest BCUT2D eigenvalue weighted by Gasteiger charge is 2.43. The van der Waals surface area contributed by atoms with Gasteiger partial charge in [-0.15, -0.1) is 0 Å². The molecule has 1 atom stereocenters. The molecule has 2 aliphatic heterocycles. The van der Waals surface area contributed by atoms with E-state index in [1.807, 2.05) is 25.7 Å². The summed E-state index contributed by atoms with van der Waals surface area (Å²) in [6.45, 7) is 9.05. The van der Waals surface area contributed by atoms with E-state index in [-0.39, 0.29) is 34.8 Å². The number of ether oxygens (including phenoxy) is 2. The van der Waals surface area contributed by atoms with Gasteiger partial charge in [-0.05, 0) is 25.7 Å². The van der Waals surface area contributed by atoms with Crippen LogP contribution in [-0.4, -0.2) is 61.3 Å². The summed E-state index contributed by atoms with van der Waals surface area (Å²) >= 11 is 0. The number of morpholine rings is 1. The van der Waals surface area contributed by atoms with Crippen molar-refractivity contribution in [2.45, 2.75) is 64.5 Å². The monoisotopic (exact) mass is 352 g/mol. The zero-order valence-electron chi connectivity index (χ0n) is 15.8. The molecule has 25 heavy (non-hydrogen) atoms. The molecule has 1 spiro atoms. The molecule has 2 heterocycles. The standard InChI is InChI=1S/C19H32N2O4/c1-18(2,3)17(23)20-15-6-4-14(5-7-15)16(22)21-9-11-25-19(12-21)8-10-24-13-19/h14-15H,4-13H2,1-3H3,(H,20,23). The lowest BCUT2D eigenvalue weighted by Crippen LogP contribution is -2.55. The van der Waals surface area contributed by atoms with Crippen molar-refractivity contribution < 1.29 is 19.1 Å². The van der Waals surface area contributed by atoms with Crippen LogP contribution in [0.5, 0.6) is 0 Å². The molecule has 0 aromatic rings. The van der Waals surface area contributed by atoms with Crippen molar-refractivity contribution in [2.75, 3.05) is 32.9 Å². The lowest BCUT2D eigenvalue weighted by molar-refractivity contribution is -0.155. The predicted octanol–water partition coefficient (Wildman–Crippen LogP) is 1.73. The van der Waals surface area contributed by atoms with Gasteiger partial charge in [-0.2, -0.15) is 0 Å². The highest BCUT2D eigenvalue weighted by molar-refractivity contribution is 5.82. The van der Waals surface area contributed by atoms with Crippen LogP contribution < -0.4 is 5.32 Å². The maximum Gasteiger partial charge on any atom is 0.225 e. The van der Waals surface area contributed by atoms with Gasteiger partial charge in [0.25, 0.3) is 0 Å². The zero-order valence-corrected chi connectivity index (χ0v) is 15.8. The van der Waals surface area contributed by atoms with Crippen molar-refractivity contribution in [3.63, 3.8) is 0 Å². The van der Waals surface area contributed by atoms with E-state index in [1.165, 1.54) is 0 Å². The summed E-state index contributed by atoms with van der Waals surface area (Å²) in [5.41, 5.74) is -0.635. The minimum absolute atomic E-state index is 0.0836. The molecular formula is C19H32N2O4. The first-order chi connectivity index (χ1) is 11.8. The Hall–Kier alpha value is -1.14. The van der Waals surface area contributed by atoms with Gasteiger partial charge in [0.15, 0.2) is 0 Å². The van der Waals surface area contributed by atoms with E-state index in [0.29, 0.717) is 26.3 Å². The van der Waals surface area contributed by atoms with E-state index in [0.717, 1.165) is 38.7 Å². The highest BCUT2D eigenvalue weighted by atomic mass is 16.6. The summed E-state index contributed by atoms with van der Waals surface area (Å²) in [4.78, 5) is 27.0. The van der Waals surface area contributed by atoms with Crippen molar-refractivity contribution >= 4 is 11.8 Å². The molecule has 1 unspecified atom stereocenters. The molecule has 6 nitrogen and oxygen atoms in total. The van der Waals surface area contributed by atoms with Gasteiger partial charge < -0.3 is 19.7 Å². The number of rotatable bonds is 2. The van der Waals surface area contributed by atoms with E-state index in [1.54, 1.807) is 0 Å². The molecule has 1 saturated carbocycles. The van der Waals surface area contributed by atoms with Gasteiger partial charge in [0.05, 0.1) is 19.8 Å². The molecule has 3 rings (SSSR count). The Morgan fingerprint density at radius 2 is 1.84 bits per heavy atom. The van der Waals surface area contributed by atoms with Gasteiger partial charge in [0.2, 0.25) is 11.8 Å². The van der Waals surface area contributed by atoms with Crippen molar-refractivity contribution in [1.29, 1.82) is 0 Å². The number of amides is 2. The fraction of sp³-hybridized carbons (Fsp3) is 0.895. The Balaban J connectivity index is 1.49. The third-order valence-corrected chi connectivity index (χ3v) is 5.72. The van der Waals surface area contributed by atoms with Crippen LogP contribution in [0.25, 0.3) is 0 Å². The number of carbonyl (C=O) groups is 2. The van der Waals surface area contributed by atoms with Gasteiger partial charge in [-0.3, -0.25) is 9.59 Å². The molecule has 6 heteroatoms. The maximum atomic E-state index is 12.9. The molecule has 142 valence electrons. The Morgan fingerprint density at radius 3 is 2.44 bits per heavy atom. The number of hydrogen-bond donors (Lipinski definition) is 1. The normalized spacial score (nSPS) is 33.5. The average molecular weight is 352 g/mol. The fourth-order valence-corrected chi connectivity index (χ4v) is 4.00. The molecule has 1 aliphatic carbocycles. The second-order valence-corrected chi connectivity index (χ2v) is 8.87.